The Morgan fingerprint density at radius 1 is 1.22 bits per heavy atom. The molecule has 1 aromatic carbocycles. The smallest absolute Gasteiger partial charge is 0.311 e. The molecular weight excluding hydrogens is 362 g/mol. The maximum atomic E-state index is 12.5. The Balaban J connectivity index is 1.54. The van der Waals surface area contributed by atoms with Gasteiger partial charge in [0.2, 0.25) is 0 Å². The predicted octanol–water partition coefficient (Wildman–Crippen LogP) is 5.54. The van der Waals surface area contributed by atoms with Gasteiger partial charge >= 0.3 is 5.97 Å². The highest BCUT2D eigenvalue weighted by atomic mass is 35.5. The summed E-state index contributed by atoms with van der Waals surface area (Å²) < 4.78 is 11.8. The number of hydrogen-bond acceptors (Lipinski definition) is 4. The van der Waals surface area contributed by atoms with E-state index in [2.05, 4.69) is 4.98 Å². The van der Waals surface area contributed by atoms with E-state index in [0.29, 0.717) is 29.7 Å². The fourth-order valence-electron chi connectivity index (χ4n) is 4.11. The maximum absolute atomic E-state index is 12.5. The van der Waals surface area contributed by atoms with E-state index in [4.69, 9.17) is 21.1 Å². The van der Waals surface area contributed by atoms with Crippen LogP contribution in [-0.4, -0.2) is 11.0 Å². The van der Waals surface area contributed by atoms with E-state index < -0.39 is 0 Å². The average molecular weight is 386 g/mol. The first-order chi connectivity index (χ1) is 13.1. The minimum atomic E-state index is -0.207. The standard InChI is InChI=1S/C22H24ClNO3/c1-14-21(27-20(25)11-15-5-3-2-4-6-15)19-13-26-22(18(19)12-24-14)16-7-9-17(23)10-8-16/h7-10,12,15,22H,2-6,11,13H2,1H3/t22-/m0/s1. The molecule has 1 fully saturated rings. The zero-order valence-electron chi connectivity index (χ0n) is 15.5. The number of aromatic nitrogens is 1. The van der Waals surface area contributed by atoms with E-state index >= 15 is 0 Å². The van der Waals surface area contributed by atoms with Crippen LogP contribution >= 0.6 is 11.6 Å². The van der Waals surface area contributed by atoms with Crippen LogP contribution in [0.2, 0.25) is 5.02 Å². The Labute approximate surface area is 164 Å². The SMILES string of the molecule is Cc1ncc2c(c1OC(=O)CC1CCCCC1)CO[C@H]2c1ccc(Cl)cc1. The second kappa shape index (κ2) is 7.99. The second-order valence-electron chi connectivity index (χ2n) is 7.53. The van der Waals surface area contributed by atoms with Crippen molar-refractivity contribution >= 4 is 17.6 Å². The fraction of sp³-hybridized carbons (Fsp3) is 0.455. The summed E-state index contributed by atoms with van der Waals surface area (Å²) in [5.74, 6) is 0.870. The van der Waals surface area contributed by atoms with Crippen molar-refractivity contribution < 1.29 is 14.3 Å². The molecule has 1 aliphatic heterocycles. The van der Waals surface area contributed by atoms with Gasteiger partial charge in [-0.25, -0.2) is 0 Å². The largest absolute Gasteiger partial charge is 0.424 e. The molecule has 2 heterocycles. The molecule has 2 aliphatic rings. The van der Waals surface area contributed by atoms with Crippen LogP contribution in [0.1, 0.15) is 67.0 Å². The molecule has 0 N–H and O–H groups in total. The number of nitrogens with zero attached hydrogens (tertiary/aromatic N) is 1. The van der Waals surface area contributed by atoms with Crippen molar-refractivity contribution in [2.24, 2.45) is 5.92 Å². The number of aryl methyl sites for hydroxylation is 1. The molecule has 27 heavy (non-hydrogen) atoms. The Hall–Kier alpha value is -1.91. The number of pyridine rings is 1. The van der Waals surface area contributed by atoms with Gasteiger partial charge in [0.1, 0.15) is 6.10 Å². The third kappa shape index (κ3) is 4.02. The number of esters is 1. The number of benzene rings is 1. The molecule has 0 spiro atoms. The molecule has 4 nitrogen and oxygen atoms in total. The van der Waals surface area contributed by atoms with Gasteiger partial charge < -0.3 is 9.47 Å². The highest BCUT2D eigenvalue weighted by Gasteiger charge is 2.30. The lowest BCUT2D eigenvalue weighted by atomic mass is 9.87. The number of halogens is 1. The number of ether oxygens (including phenoxy) is 2. The summed E-state index contributed by atoms with van der Waals surface area (Å²) in [5.41, 5.74) is 3.64. The van der Waals surface area contributed by atoms with Crippen molar-refractivity contribution in [3.63, 3.8) is 0 Å². The molecular formula is C22H24ClNO3. The van der Waals surface area contributed by atoms with E-state index in [1.807, 2.05) is 37.4 Å². The van der Waals surface area contributed by atoms with Crippen LogP contribution in [0.15, 0.2) is 30.5 Å². The zero-order valence-corrected chi connectivity index (χ0v) is 16.3. The summed E-state index contributed by atoms with van der Waals surface area (Å²) in [6.07, 6.45) is 8.08. The Morgan fingerprint density at radius 3 is 2.70 bits per heavy atom. The molecule has 0 saturated heterocycles. The third-order valence-electron chi connectivity index (χ3n) is 5.59. The van der Waals surface area contributed by atoms with Gasteiger partial charge in [-0.15, -0.1) is 0 Å². The Bertz CT molecular complexity index is 828. The summed E-state index contributed by atoms with van der Waals surface area (Å²) in [7, 11) is 0. The van der Waals surface area contributed by atoms with Crippen LogP contribution < -0.4 is 4.74 Å². The number of rotatable bonds is 4. The lowest BCUT2D eigenvalue weighted by molar-refractivity contribution is -0.135. The average Bonchev–Trinajstić information content (AvgIpc) is 3.10. The van der Waals surface area contributed by atoms with E-state index in [1.165, 1.54) is 19.3 Å². The number of hydrogen-bond donors (Lipinski definition) is 0. The first-order valence-corrected chi connectivity index (χ1v) is 10.1. The highest BCUT2D eigenvalue weighted by molar-refractivity contribution is 6.30. The van der Waals surface area contributed by atoms with Crippen LogP contribution in [0.25, 0.3) is 0 Å². The number of carbonyl (C=O) groups excluding carboxylic acids is 1. The maximum Gasteiger partial charge on any atom is 0.311 e. The second-order valence-corrected chi connectivity index (χ2v) is 7.97. The van der Waals surface area contributed by atoms with Crippen LogP contribution in [0, 0.1) is 12.8 Å². The van der Waals surface area contributed by atoms with E-state index in [1.54, 1.807) is 0 Å². The van der Waals surface area contributed by atoms with Crippen LogP contribution in [0.3, 0.4) is 0 Å². The predicted molar refractivity (Wildman–Crippen MR) is 104 cm³/mol. The molecule has 1 aliphatic carbocycles. The first-order valence-electron chi connectivity index (χ1n) is 9.68. The minimum Gasteiger partial charge on any atom is -0.424 e. The molecule has 1 aromatic heterocycles. The summed E-state index contributed by atoms with van der Waals surface area (Å²) in [6, 6.07) is 7.61. The quantitative estimate of drug-likeness (QED) is 0.648. The monoisotopic (exact) mass is 385 g/mol. The van der Waals surface area contributed by atoms with Crippen molar-refractivity contribution in [2.45, 2.75) is 58.2 Å². The third-order valence-corrected chi connectivity index (χ3v) is 5.85. The molecule has 142 valence electrons. The molecule has 1 atom stereocenters. The van der Waals surface area contributed by atoms with Gasteiger partial charge in [-0.05, 0) is 43.4 Å². The van der Waals surface area contributed by atoms with Crippen molar-refractivity contribution in [1.29, 1.82) is 0 Å². The van der Waals surface area contributed by atoms with Gasteiger partial charge in [0.25, 0.3) is 0 Å². The number of carbonyl (C=O) groups is 1. The first kappa shape index (κ1) is 18.5. The van der Waals surface area contributed by atoms with Crippen molar-refractivity contribution in [3.8, 4) is 5.75 Å². The van der Waals surface area contributed by atoms with Gasteiger partial charge in [-0.1, -0.05) is 43.0 Å². The van der Waals surface area contributed by atoms with Gasteiger partial charge in [0, 0.05) is 28.8 Å². The normalized spacial score (nSPS) is 19.7. The lowest BCUT2D eigenvalue weighted by Crippen LogP contribution is -2.17. The van der Waals surface area contributed by atoms with Gasteiger partial charge in [0.15, 0.2) is 5.75 Å². The molecule has 1 saturated carbocycles. The van der Waals surface area contributed by atoms with Crippen LogP contribution in [-0.2, 0) is 16.1 Å². The summed E-state index contributed by atoms with van der Waals surface area (Å²) >= 11 is 5.99. The molecule has 4 rings (SSSR count). The van der Waals surface area contributed by atoms with Gasteiger partial charge in [0.05, 0.1) is 12.3 Å². The molecule has 5 heteroatoms. The summed E-state index contributed by atoms with van der Waals surface area (Å²) in [6.45, 7) is 2.29. The topological polar surface area (TPSA) is 48.4 Å². The molecule has 0 unspecified atom stereocenters. The van der Waals surface area contributed by atoms with Gasteiger partial charge in [-0.3, -0.25) is 9.78 Å². The highest BCUT2D eigenvalue weighted by Crippen LogP contribution is 2.41. The molecule has 0 bridgehead atoms. The minimum absolute atomic E-state index is 0.157. The Morgan fingerprint density at radius 2 is 1.96 bits per heavy atom. The van der Waals surface area contributed by atoms with E-state index in [-0.39, 0.29) is 12.1 Å². The molecule has 0 radical (unpaired) electrons. The lowest BCUT2D eigenvalue weighted by Gasteiger charge is -2.21. The van der Waals surface area contributed by atoms with E-state index in [9.17, 15) is 4.79 Å². The van der Waals surface area contributed by atoms with Gasteiger partial charge in [-0.2, -0.15) is 0 Å². The Kier molecular flexibility index (Phi) is 5.46. The summed E-state index contributed by atoms with van der Waals surface area (Å²) in [4.78, 5) is 17.0. The summed E-state index contributed by atoms with van der Waals surface area (Å²) in [5, 5.41) is 0.691. The van der Waals surface area contributed by atoms with Crippen LogP contribution in [0.4, 0.5) is 0 Å². The molecule has 2 aromatic rings. The zero-order chi connectivity index (χ0) is 18.8. The molecule has 0 amide bonds. The number of fused-ring (bicyclic) bond motifs is 1. The van der Waals surface area contributed by atoms with Crippen molar-refractivity contribution in [3.05, 3.63) is 57.9 Å². The van der Waals surface area contributed by atoms with Crippen LogP contribution in [0.5, 0.6) is 5.75 Å². The van der Waals surface area contributed by atoms with E-state index in [0.717, 1.165) is 35.2 Å². The van der Waals surface area contributed by atoms with Crippen molar-refractivity contribution in [1.82, 2.24) is 4.98 Å². The van der Waals surface area contributed by atoms with Crippen molar-refractivity contribution in [2.75, 3.05) is 0 Å². The fourth-order valence-corrected chi connectivity index (χ4v) is 4.24.